The van der Waals surface area contributed by atoms with Gasteiger partial charge in [0.05, 0.1) is 0 Å². The summed E-state index contributed by atoms with van der Waals surface area (Å²) in [5.41, 5.74) is 1.83. The molecule has 0 radical (unpaired) electrons. The molecular formula is C15H16ClNO2. The fraction of sp³-hybridized carbons (Fsp3) is 0.133. The molecule has 2 N–H and O–H groups in total. The summed E-state index contributed by atoms with van der Waals surface area (Å²) < 4.78 is 0. The van der Waals surface area contributed by atoms with Crippen molar-refractivity contribution < 1.29 is 9.90 Å². The molecule has 4 heteroatoms. The first kappa shape index (κ1) is 15.2. The second kappa shape index (κ2) is 7.56. The van der Waals surface area contributed by atoms with E-state index in [-0.39, 0.29) is 12.4 Å². The number of rotatable bonds is 5. The summed E-state index contributed by atoms with van der Waals surface area (Å²) in [4.78, 5) is 11.3. The molecule has 2 rings (SSSR count). The highest BCUT2D eigenvalue weighted by Gasteiger charge is 2.18. The van der Waals surface area contributed by atoms with E-state index in [4.69, 9.17) is 0 Å². The molecule has 0 bridgehead atoms. The van der Waals surface area contributed by atoms with Crippen LogP contribution in [0.5, 0.6) is 0 Å². The van der Waals surface area contributed by atoms with Crippen LogP contribution in [0.1, 0.15) is 17.2 Å². The number of aliphatic carboxylic acids is 1. The Morgan fingerprint density at radius 3 is 2.05 bits per heavy atom. The van der Waals surface area contributed by atoms with Crippen LogP contribution in [0.4, 0.5) is 0 Å². The van der Waals surface area contributed by atoms with Gasteiger partial charge in [-0.2, -0.15) is 0 Å². The molecule has 19 heavy (non-hydrogen) atoms. The largest absolute Gasteiger partial charge is 0.480 e. The summed E-state index contributed by atoms with van der Waals surface area (Å²) in [6.45, 7) is 0.534. The second-order valence-electron chi connectivity index (χ2n) is 4.05. The van der Waals surface area contributed by atoms with Crippen LogP contribution in [-0.2, 0) is 11.3 Å². The minimum atomic E-state index is -0.864. The Labute approximate surface area is 118 Å². The van der Waals surface area contributed by atoms with Crippen molar-refractivity contribution in [2.75, 3.05) is 0 Å². The molecule has 2 aromatic rings. The number of halogens is 1. The number of benzene rings is 2. The van der Waals surface area contributed by atoms with E-state index < -0.39 is 12.0 Å². The Hall–Kier alpha value is -1.84. The molecule has 0 aliphatic heterocycles. The lowest BCUT2D eigenvalue weighted by Crippen LogP contribution is -2.28. The lowest BCUT2D eigenvalue weighted by Gasteiger charge is -2.14. The molecule has 3 nitrogen and oxygen atoms in total. The first-order valence-corrected chi connectivity index (χ1v) is 5.82. The van der Waals surface area contributed by atoms with E-state index in [2.05, 4.69) is 5.32 Å². The number of carboxylic acid groups (broad SMARTS) is 1. The lowest BCUT2D eigenvalue weighted by atomic mass is 10.1. The average molecular weight is 278 g/mol. The van der Waals surface area contributed by atoms with Crippen molar-refractivity contribution in [1.29, 1.82) is 0 Å². The molecule has 1 atom stereocenters. The molecule has 1 unspecified atom stereocenters. The van der Waals surface area contributed by atoms with Crippen molar-refractivity contribution in [3.63, 3.8) is 0 Å². The molecule has 0 amide bonds. The summed E-state index contributed by atoms with van der Waals surface area (Å²) in [7, 11) is 0. The second-order valence-corrected chi connectivity index (χ2v) is 4.05. The Bertz CT molecular complexity index is 502. The summed E-state index contributed by atoms with van der Waals surface area (Å²) in [6, 6.07) is 18.3. The highest BCUT2D eigenvalue weighted by molar-refractivity contribution is 5.85. The summed E-state index contributed by atoms with van der Waals surface area (Å²) in [5.74, 6) is -0.864. The fourth-order valence-corrected chi connectivity index (χ4v) is 1.81. The molecule has 0 saturated carbocycles. The van der Waals surface area contributed by atoms with Gasteiger partial charge in [0.2, 0.25) is 0 Å². The van der Waals surface area contributed by atoms with Crippen molar-refractivity contribution in [2.24, 2.45) is 0 Å². The van der Waals surface area contributed by atoms with Gasteiger partial charge in [-0.05, 0) is 11.1 Å². The maximum atomic E-state index is 11.3. The monoisotopic (exact) mass is 277 g/mol. The molecular weight excluding hydrogens is 262 g/mol. The molecule has 100 valence electrons. The van der Waals surface area contributed by atoms with Gasteiger partial charge in [-0.25, -0.2) is 0 Å². The Kier molecular flexibility index (Phi) is 6.06. The first-order valence-electron chi connectivity index (χ1n) is 5.82. The van der Waals surface area contributed by atoms with Crippen LogP contribution in [0.2, 0.25) is 0 Å². The minimum Gasteiger partial charge on any atom is -0.480 e. The van der Waals surface area contributed by atoms with Gasteiger partial charge in [0, 0.05) is 6.54 Å². The molecule has 0 heterocycles. The molecule has 0 saturated heterocycles. The zero-order valence-electron chi connectivity index (χ0n) is 10.3. The first-order chi connectivity index (χ1) is 8.77. The predicted molar refractivity (Wildman–Crippen MR) is 77.3 cm³/mol. The maximum absolute atomic E-state index is 11.3. The van der Waals surface area contributed by atoms with Crippen LogP contribution in [0, 0.1) is 0 Å². The third-order valence-electron chi connectivity index (χ3n) is 2.73. The predicted octanol–water partition coefficient (Wildman–Crippen LogP) is 3.02. The SMILES string of the molecule is Cl.O=C(O)C(NCc1ccccc1)c1ccccc1. The van der Waals surface area contributed by atoms with Crippen LogP contribution in [0.15, 0.2) is 60.7 Å². The van der Waals surface area contributed by atoms with Crippen molar-refractivity contribution in [2.45, 2.75) is 12.6 Å². The third kappa shape index (κ3) is 4.39. The minimum absolute atomic E-state index is 0. The van der Waals surface area contributed by atoms with Gasteiger partial charge < -0.3 is 5.11 Å². The number of hydrogen-bond donors (Lipinski definition) is 2. The molecule has 0 aliphatic carbocycles. The quantitative estimate of drug-likeness (QED) is 0.883. The van der Waals surface area contributed by atoms with Gasteiger partial charge in [0.25, 0.3) is 0 Å². The van der Waals surface area contributed by atoms with Gasteiger partial charge in [-0.3, -0.25) is 10.1 Å². The van der Waals surface area contributed by atoms with E-state index in [0.29, 0.717) is 6.54 Å². The Morgan fingerprint density at radius 2 is 1.53 bits per heavy atom. The number of nitrogens with one attached hydrogen (secondary N) is 1. The van der Waals surface area contributed by atoms with Crippen LogP contribution >= 0.6 is 12.4 Å². The van der Waals surface area contributed by atoms with Crippen molar-refractivity contribution in [3.8, 4) is 0 Å². The number of hydrogen-bond acceptors (Lipinski definition) is 2. The van der Waals surface area contributed by atoms with E-state index in [9.17, 15) is 9.90 Å². The standard InChI is InChI=1S/C15H15NO2.ClH/c17-15(18)14(13-9-5-2-6-10-13)16-11-12-7-3-1-4-8-12;/h1-10,14,16H,11H2,(H,17,18);1H. The highest BCUT2D eigenvalue weighted by Crippen LogP contribution is 2.13. The van der Waals surface area contributed by atoms with Crippen LogP contribution < -0.4 is 5.32 Å². The molecule has 0 aliphatic rings. The highest BCUT2D eigenvalue weighted by atomic mass is 35.5. The maximum Gasteiger partial charge on any atom is 0.325 e. The van der Waals surface area contributed by atoms with Crippen LogP contribution in [-0.4, -0.2) is 11.1 Å². The van der Waals surface area contributed by atoms with E-state index in [1.54, 1.807) is 0 Å². The van der Waals surface area contributed by atoms with Crippen LogP contribution in [0.25, 0.3) is 0 Å². The van der Waals surface area contributed by atoms with E-state index in [0.717, 1.165) is 11.1 Å². The van der Waals surface area contributed by atoms with Gasteiger partial charge >= 0.3 is 5.97 Å². The zero-order valence-corrected chi connectivity index (χ0v) is 11.1. The van der Waals surface area contributed by atoms with Crippen molar-refractivity contribution >= 4 is 18.4 Å². The Morgan fingerprint density at radius 1 is 1.00 bits per heavy atom. The van der Waals surface area contributed by atoms with Gasteiger partial charge in [-0.15, -0.1) is 12.4 Å². The molecule has 0 fully saturated rings. The zero-order chi connectivity index (χ0) is 12.8. The Balaban J connectivity index is 0.00000180. The van der Waals surface area contributed by atoms with Gasteiger partial charge in [0.15, 0.2) is 0 Å². The van der Waals surface area contributed by atoms with Crippen molar-refractivity contribution in [1.82, 2.24) is 5.32 Å². The molecule has 0 aromatic heterocycles. The van der Waals surface area contributed by atoms with Crippen molar-refractivity contribution in [3.05, 3.63) is 71.8 Å². The van der Waals surface area contributed by atoms with Gasteiger partial charge in [0.1, 0.15) is 6.04 Å². The average Bonchev–Trinajstić information content (AvgIpc) is 2.41. The summed E-state index contributed by atoms with van der Waals surface area (Å²) >= 11 is 0. The van der Waals surface area contributed by atoms with Crippen LogP contribution in [0.3, 0.4) is 0 Å². The van der Waals surface area contributed by atoms with E-state index in [1.807, 2.05) is 60.7 Å². The summed E-state index contributed by atoms with van der Waals surface area (Å²) in [5, 5.41) is 12.3. The molecule has 0 spiro atoms. The lowest BCUT2D eigenvalue weighted by molar-refractivity contribution is -0.139. The molecule has 2 aromatic carbocycles. The third-order valence-corrected chi connectivity index (χ3v) is 2.73. The summed E-state index contributed by atoms with van der Waals surface area (Å²) in [6.07, 6.45) is 0. The number of carboxylic acids is 1. The van der Waals surface area contributed by atoms with Gasteiger partial charge in [-0.1, -0.05) is 60.7 Å². The fourth-order valence-electron chi connectivity index (χ4n) is 1.81. The smallest absolute Gasteiger partial charge is 0.325 e. The van der Waals surface area contributed by atoms with E-state index in [1.165, 1.54) is 0 Å². The number of carbonyl (C=O) groups is 1. The normalized spacial score (nSPS) is 11.4. The van der Waals surface area contributed by atoms with E-state index >= 15 is 0 Å². The topological polar surface area (TPSA) is 49.3 Å².